The Labute approximate surface area is 129 Å². The molecule has 3 fully saturated rings. The lowest BCUT2D eigenvalue weighted by Crippen LogP contribution is -2.40. The molecule has 21 heavy (non-hydrogen) atoms. The van der Waals surface area contributed by atoms with Gasteiger partial charge in [-0.15, -0.1) is 0 Å². The van der Waals surface area contributed by atoms with Crippen LogP contribution in [0.1, 0.15) is 77.6 Å². The van der Waals surface area contributed by atoms with Crippen molar-refractivity contribution in [1.29, 1.82) is 0 Å². The van der Waals surface area contributed by atoms with Crippen LogP contribution in [0.4, 0.5) is 0 Å². The van der Waals surface area contributed by atoms with E-state index in [-0.39, 0.29) is 23.4 Å². The number of carbonyl (C=O) groups excluding carboxylic acids is 2. The number of rotatable bonds is 3. The van der Waals surface area contributed by atoms with E-state index in [1.807, 2.05) is 0 Å². The third-order valence-electron chi connectivity index (χ3n) is 6.54. The van der Waals surface area contributed by atoms with Gasteiger partial charge in [0.2, 0.25) is 11.6 Å². The molecular weight excluding hydrogens is 260 g/mol. The van der Waals surface area contributed by atoms with Gasteiger partial charge in [0.25, 0.3) is 0 Å². The highest BCUT2D eigenvalue weighted by Crippen LogP contribution is 2.44. The maximum atomic E-state index is 12.8. The molecule has 3 aliphatic rings. The summed E-state index contributed by atoms with van der Waals surface area (Å²) in [6.07, 6.45) is 12.7. The third kappa shape index (κ3) is 3.24. The van der Waals surface area contributed by atoms with Crippen molar-refractivity contribution in [3.8, 4) is 0 Å². The lowest BCUT2D eigenvalue weighted by Gasteiger charge is -2.40. The summed E-state index contributed by atoms with van der Waals surface area (Å²) >= 11 is 0. The summed E-state index contributed by atoms with van der Waals surface area (Å²) in [5.74, 6) is 2.16. The third-order valence-corrected chi connectivity index (χ3v) is 6.54. The molecule has 0 spiro atoms. The quantitative estimate of drug-likeness (QED) is 0.714. The minimum Gasteiger partial charge on any atom is -0.291 e. The van der Waals surface area contributed by atoms with Crippen LogP contribution in [-0.2, 0) is 9.59 Å². The summed E-state index contributed by atoms with van der Waals surface area (Å²) in [7, 11) is 0. The van der Waals surface area contributed by atoms with E-state index in [4.69, 9.17) is 0 Å². The van der Waals surface area contributed by atoms with E-state index >= 15 is 0 Å². The summed E-state index contributed by atoms with van der Waals surface area (Å²) in [6, 6.07) is 0. The van der Waals surface area contributed by atoms with Crippen molar-refractivity contribution in [2.45, 2.75) is 77.6 Å². The zero-order valence-corrected chi connectivity index (χ0v) is 13.5. The van der Waals surface area contributed by atoms with E-state index in [9.17, 15) is 9.59 Å². The average molecular weight is 290 g/mol. The van der Waals surface area contributed by atoms with Crippen molar-refractivity contribution >= 4 is 11.6 Å². The van der Waals surface area contributed by atoms with E-state index in [1.165, 1.54) is 32.1 Å². The second-order valence-electron chi connectivity index (χ2n) is 7.93. The first-order chi connectivity index (χ1) is 10.2. The van der Waals surface area contributed by atoms with Crippen molar-refractivity contribution in [2.75, 3.05) is 0 Å². The largest absolute Gasteiger partial charge is 0.291 e. The molecule has 0 N–H and O–H groups in total. The van der Waals surface area contributed by atoms with E-state index < -0.39 is 0 Å². The highest BCUT2D eigenvalue weighted by atomic mass is 16.2. The number of ketones is 2. The molecule has 0 heterocycles. The fourth-order valence-corrected chi connectivity index (χ4v) is 5.17. The van der Waals surface area contributed by atoms with Gasteiger partial charge in [0.15, 0.2) is 0 Å². The first-order valence-electron chi connectivity index (χ1n) is 9.25. The van der Waals surface area contributed by atoms with E-state index in [0.29, 0.717) is 5.92 Å². The molecule has 3 aliphatic carbocycles. The van der Waals surface area contributed by atoms with Gasteiger partial charge in [0.1, 0.15) is 0 Å². The molecule has 0 aromatic rings. The monoisotopic (exact) mass is 290 g/mol. The number of carbonyl (C=O) groups is 2. The molecule has 3 atom stereocenters. The van der Waals surface area contributed by atoms with Gasteiger partial charge in [0, 0.05) is 11.8 Å². The van der Waals surface area contributed by atoms with Crippen LogP contribution in [0.15, 0.2) is 0 Å². The van der Waals surface area contributed by atoms with Crippen molar-refractivity contribution < 1.29 is 9.59 Å². The lowest BCUT2D eigenvalue weighted by atomic mass is 9.63. The Balaban J connectivity index is 1.64. The Hall–Kier alpha value is -0.660. The van der Waals surface area contributed by atoms with Crippen molar-refractivity contribution in [1.82, 2.24) is 0 Å². The number of Topliss-reactive ketones (excluding diaryl/α,β-unsaturated/α-hetero) is 2. The molecule has 0 saturated heterocycles. The normalized spacial score (nSPS) is 40.3. The Morgan fingerprint density at radius 2 is 1.38 bits per heavy atom. The molecule has 3 unspecified atom stereocenters. The Morgan fingerprint density at radius 1 is 0.714 bits per heavy atom. The van der Waals surface area contributed by atoms with Crippen molar-refractivity contribution in [3.63, 3.8) is 0 Å². The molecule has 0 aliphatic heterocycles. The van der Waals surface area contributed by atoms with Gasteiger partial charge in [-0.2, -0.15) is 0 Å². The maximum Gasteiger partial charge on any atom is 0.202 e. The minimum absolute atomic E-state index is 0.00174. The lowest BCUT2D eigenvalue weighted by molar-refractivity contribution is -0.144. The van der Waals surface area contributed by atoms with Crippen LogP contribution in [0.2, 0.25) is 0 Å². The Bertz CT molecular complexity index is 390. The topological polar surface area (TPSA) is 34.1 Å². The average Bonchev–Trinajstić information content (AvgIpc) is 2.53. The van der Waals surface area contributed by atoms with Crippen LogP contribution in [0.3, 0.4) is 0 Å². The highest BCUT2D eigenvalue weighted by molar-refractivity contribution is 6.38. The molecule has 3 saturated carbocycles. The minimum atomic E-state index is -0.00174. The van der Waals surface area contributed by atoms with Crippen molar-refractivity contribution in [2.24, 2.45) is 29.6 Å². The summed E-state index contributed by atoms with van der Waals surface area (Å²) in [5.41, 5.74) is 0. The second-order valence-corrected chi connectivity index (χ2v) is 7.93. The summed E-state index contributed by atoms with van der Waals surface area (Å²) < 4.78 is 0. The van der Waals surface area contributed by atoms with Crippen LogP contribution < -0.4 is 0 Å². The SMILES string of the molecule is CC1CCC(C(=O)C(=O)C2CCCC3CCCCC32)CC1. The van der Waals surface area contributed by atoms with E-state index in [0.717, 1.165) is 50.4 Å². The van der Waals surface area contributed by atoms with Gasteiger partial charge in [-0.25, -0.2) is 0 Å². The number of fused-ring (bicyclic) bond motifs is 1. The van der Waals surface area contributed by atoms with Crippen LogP contribution >= 0.6 is 0 Å². The molecule has 0 amide bonds. The van der Waals surface area contributed by atoms with Crippen LogP contribution in [0, 0.1) is 29.6 Å². The predicted octanol–water partition coefficient (Wildman–Crippen LogP) is 4.56. The fourth-order valence-electron chi connectivity index (χ4n) is 5.17. The molecular formula is C19H30O2. The summed E-state index contributed by atoms with van der Waals surface area (Å²) in [4.78, 5) is 25.4. The molecule has 0 aromatic carbocycles. The van der Waals surface area contributed by atoms with Gasteiger partial charge in [-0.05, 0) is 43.4 Å². The first kappa shape index (κ1) is 15.2. The molecule has 2 nitrogen and oxygen atoms in total. The number of hydrogen-bond donors (Lipinski definition) is 0. The van der Waals surface area contributed by atoms with E-state index in [1.54, 1.807) is 0 Å². The molecule has 118 valence electrons. The maximum absolute atomic E-state index is 12.8. The van der Waals surface area contributed by atoms with Gasteiger partial charge in [-0.1, -0.05) is 51.9 Å². The Morgan fingerprint density at radius 3 is 2.14 bits per heavy atom. The summed E-state index contributed by atoms with van der Waals surface area (Å²) in [5, 5.41) is 0. The Kier molecular flexibility index (Phi) is 4.81. The molecule has 0 aromatic heterocycles. The standard InChI is InChI=1S/C19H30O2/c1-13-9-11-15(12-10-13)18(20)19(21)17-8-4-6-14-5-2-3-7-16(14)17/h13-17H,2-12H2,1H3. The molecule has 3 rings (SSSR count). The van der Waals surface area contributed by atoms with Crippen LogP contribution in [0.5, 0.6) is 0 Å². The van der Waals surface area contributed by atoms with E-state index in [2.05, 4.69) is 6.92 Å². The van der Waals surface area contributed by atoms with Crippen LogP contribution in [-0.4, -0.2) is 11.6 Å². The highest BCUT2D eigenvalue weighted by Gasteiger charge is 2.42. The second kappa shape index (κ2) is 6.62. The summed E-state index contributed by atoms with van der Waals surface area (Å²) in [6.45, 7) is 2.26. The zero-order chi connectivity index (χ0) is 14.8. The molecule has 0 radical (unpaired) electrons. The van der Waals surface area contributed by atoms with Crippen LogP contribution in [0.25, 0.3) is 0 Å². The fraction of sp³-hybridized carbons (Fsp3) is 0.895. The molecule has 0 bridgehead atoms. The predicted molar refractivity (Wildman–Crippen MR) is 83.9 cm³/mol. The zero-order valence-electron chi connectivity index (χ0n) is 13.5. The van der Waals surface area contributed by atoms with Crippen molar-refractivity contribution in [3.05, 3.63) is 0 Å². The number of hydrogen-bond acceptors (Lipinski definition) is 2. The smallest absolute Gasteiger partial charge is 0.202 e. The van der Waals surface area contributed by atoms with Gasteiger partial charge >= 0.3 is 0 Å². The molecule has 2 heteroatoms. The van der Waals surface area contributed by atoms with Gasteiger partial charge < -0.3 is 0 Å². The first-order valence-corrected chi connectivity index (χ1v) is 9.25. The van der Waals surface area contributed by atoms with Gasteiger partial charge in [-0.3, -0.25) is 9.59 Å². The van der Waals surface area contributed by atoms with Gasteiger partial charge in [0.05, 0.1) is 0 Å².